The van der Waals surface area contributed by atoms with Crippen molar-refractivity contribution in [3.05, 3.63) is 105 Å². The van der Waals surface area contributed by atoms with Crippen LogP contribution in [0.3, 0.4) is 0 Å². The maximum Gasteiger partial charge on any atom is 0.266 e. The molecular weight excluding hydrogens is 426 g/mol. The molecule has 5 aromatic rings. The Labute approximate surface area is 175 Å². The Bertz CT molecular complexity index is 1430. The fourth-order valence-electron chi connectivity index (χ4n) is 3.50. The normalized spacial score (nSPS) is 11.6. The van der Waals surface area contributed by atoms with Gasteiger partial charge >= 0.3 is 0 Å². The number of para-hydroxylation sites is 2. The number of aromatic nitrogens is 3. The number of nitrogens with one attached hydrogen (secondary N) is 1. The molecule has 0 aliphatic heterocycles. The van der Waals surface area contributed by atoms with Crippen LogP contribution in [0.2, 0.25) is 0 Å². The van der Waals surface area contributed by atoms with E-state index in [9.17, 15) is 4.79 Å². The molecule has 0 bridgehead atoms. The molecule has 0 atom stereocenters. The molecule has 0 radical (unpaired) electrons. The first kappa shape index (κ1) is 17.6. The van der Waals surface area contributed by atoms with Crippen LogP contribution in [0, 0.1) is 0 Å². The van der Waals surface area contributed by atoms with Crippen LogP contribution in [0.1, 0.15) is 11.4 Å². The van der Waals surface area contributed by atoms with E-state index in [1.54, 1.807) is 4.57 Å². The third-order valence-electron chi connectivity index (χ3n) is 4.92. The van der Waals surface area contributed by atoms with Crippen LogP contribution in [0.4, 0.5) is 0 Å². The second-order valence-corrected chi connectivity index (χ2v) is 7.64. The summed E-state index contributed by atoms with van der Waals surface area (Å²) >= 11 is 3.45. The van der Waals surface area contributed by atoms with Gasteiger partial charge in [0.25, 0.3) is 5.56 Å². The summed E-state index contributed by atoms with van der Waals surface area (Å²) in [4.78, 5) is 21.3. The second-order valence-electron chi connectivity index (χ2n) is 6.73. The molecular formula is C24H16BrN3O. The summed E-state index contributed by atoms with van der Waals surface area (Å²) in [5.74, 6) is 0.585. The van der Waals surface area contributed by atoms with Gasteiger partial charge in [0.2, 0.25) is 0 Å². The maximum atomic E-state index is 13.3. The van der Waals surface area contributed by atoms with E-state index >= 15 is 0 Å². The largest absolute Gasteiger partial charge is 0.361 e. The van der Waals surface area contributed by atoms with Gasteiger partial charge in [-0.1, -0.05) is 46.3 Å². The third kappa shape index (κ3) is 3.19. The van der Waals surface area contributed by atoms with E-state index in [-0.39, 0.29) is 5.56 Å². The van der Waals surface area contributed by atoms with Gasteiger partial charge in [-0.25, -0.2) is 4.98 Å². The number of halogens is 1. The van der Waals surface area contributed by atoms with Crippen molar-refractivity contribution in [2.75, 3.05) is 0 Å². The first-order valence-corrected chi connectivity index (χ1v) is 10.0. The van der Waals surface area contributed by atoms with Crippen molar-refractivity contribution in [1.29, 1.82) is 0 Å². The Morgan fingerprint density at radius 1 is 0.862 bits per heavy atom. The van der Waals surface area contributed by atoms with Gasteiger partial charge in [0.05, 0.1) is 16.6 Å². The van der Waals surface area contributed by atoms with E-state index in [4.69, 9.17) is 4.98 Å². The van der Waals surface area contributed by atoms with Crippen molar-refractivity contribution in [3.63, 3.8) is 0 Å². The number of fused-ring (bicyclic) bond motifs is 2. The number of rotatable bonds is 3. The van der Waals surface area contributed by atoms with Crippen LogP contribution in [-0.2, 0) is 0 Å². The molecule has 0 saturated heterocycles. The number of hydrogen-bond acceptors (Lipinski definition) is 2. The Balaban J connectivity index is 1.72. The number of nitrogens with zero attached hydrogens (tertiary/aromatic N) is 2. The van der Waals surface area contributed by atoms with Gasteiger partial charge in [0, 0.05) is 21.6 Å². The highest BCUT2D eigenvalue weighted by atomic mass is 79.9. The van der Waals surface area contributed by atoms with Gasteiger partial charge in [-0.15, -0.1) is 0 Å². The number of H-pyrrole nitrogens is 1. The van der Waals surface area contributed by atoms with E-state index in [1.807, 2.05) is 85.1 Å². The Morgan fingerprint density at radius 3 is 2.41 bits per heavy atom. The van der Waals surface area contributed by atoms with Crippen LogP contribution >= 0.6 is 15.9 Å². The van der Waals surface area contributed by atoms with Gasteiger partial charge in [-0.3, -0.25) is 9.36 Å². The van der Waals surface area contributed by atoms with Crippen LogP contribution < -0.4 is 5.56 Å². The lowest BCUT2D eigenvalue weighted by atomic mass is 10.1. The highest BCUT2D eigenvalue weighted by molar-refractivity contribution is 9.10. The van der Waals surface area contributed by atoms with Crippen molar-refractivity contribution < 1.29 is 0 Å². The lowest BCUT2D eigenvalue weighted by Crippen LogP contribution is -2.22. The summed E-state index contributed by atoms with van der Waals surface area (Å²) in [7, 11) is 0. The average molecular weight is 442 g/mol. The fraction of sp³-hybridized carbons (Fsp3) is 0. The maximum absolute atomic E-state index is 13.3. The minimum absolute atomic E-state index is 0.0866. The van der Waals surface area contributed by atoms with Gasteiger partial charge < -0.3 is 4.98 Å². The topological polar surface area (TPSA) is 50.7 Å². The molecule has 2 aromatic heterocycles. The number of hydrogen-bond donors (Lipinski definition) is 1. The van der Waals surface area contributed by atoms with E-state index in [0.29, 0.717) is 16.7 Å². The summed E-state index contributed by atoms with van der Waals surface area (Å²) in [5.41, 5.74) is 3.49. The molecule has 140 valence electrons. The lowest BCUT2D eigenvalue weighted by molar-refractivity contribution is 0.943. The Morgan fingerprint density at radius 2 is 1.59 bits per heavy atom. The summed E-state index contributed by atoms with van der Waals surface area (Å²) in [6.45, 7) is 0. The number of benzene rings is 3. The van der Waals surface area contributed by atoms with Crippen molar-refractivity contribution in [1.82, 2.24) is 14.5 Å². The average Bonchev–Trinajstić information content (AvgIpc) is 3.16. The second kappa shape index (κ2) is 7.18. The molecule has 5 heteroatoms. The van der Waals surface area contributed by atoms with E-state index < -0.39 is 0 Å². The van der Waals surface area contributed by atoms with Crippen molar-refractivity contribution >= 4 is 49.9 Å². The predicted octanol–water partition coefficient (Wildman–Crippen LogP) is 5.80. The third-order valence-corrected chi connectivity index (χ3v) is 5.45. The quantitative estimate of drug-likeness (QED) is 0.384. The van der Waals surface area contributed by atoms with Crippen LogP contribution in [0.5, 0.6) is 0 Å². The summed E-state index contributed by atoms with van der Waals surface area (Å²) in [6, 6.07) is 23.2. The van der Waals surface area contributed by atoms with Crippen LogP contribution in [-0.4, -0.2) is 14.5 Å². The molecule has 0 amide bonds. The molecule has 1 N–H and O–H groups in total. The van der Waals surface area contributed by atoms with Crippen molar-refractivity contribution in [3.8, 4) is 5.69 Å². The Kier molecular flexibility index (Phi) is 4.37. The predicted molar refractivity (Wildman–Crippen MR) is 122 cm³/mol. The van der Waals surface area contributed by atoms with Crippen molar-refractivity contribution in [2.24, 2.45) is 0 Å². The minimum Gasteiger partial charge on any atom is -0.361 e. The molecule has 4 nitrogen and oxygen atoms in total. The fourth-order valence-corrected chi connectivity index (χ4v) is 3.76. The smallest absolute Gasteiger partial charge is 0.266 e. The first-order chi connectivity index (χ1) is 14.2. The zero-order chi connectivity index (χ0) is 19.8. The van der Waals surface area contributed by atoms with Gasteiger partial charge in [0.15, 0.2) is 0 Å². The van der Waals surface area contributed by atoms with Gasteiger partial charge in [-0.05, 0) is 60.2 Å². The molecule has 0 fully saturated rings. The standard InChI is InChI=1S/C24H16BrN3O/c25-17-10-12-18(13-11-17)28-23(27-22-8-4-2-6-20(22)24(28)29)14-9-16-15-26-21-7-3-1-5-19(16)21/h1-15,26H/b14-9+. The van der Waals surface area contributed by atoms with Crippen LogP contribution in [0.15, 0.2) is 88.3 Å². The summed E-state index contributed by atoms with van der Waals surface area (Å²) in [6.07, 6.45) is 5.85. The molecule has 29 heavy (non-hydrogen) atoms. The molecule has 0 spiro atoms. The molecule has 2 heterocycles. The molecule has 3 aromatic carbocycles. The van der Waals surface area contributed by atoms with Gasteiger partial charge in [0.1, 0.15) is 5.82 Å². The molecule has 5 rings (SSSR count). The van der Waals surface area contributed by atoms with E-state index in [0.717, 1.165) is 26.6 Å². The Hall–Kier alpha value is -3.44. The zero-order valence-electron chi connectivity index (χ0n) is 15.3. The summed E-state index contributed by atoms with van der Waals surface area (Å²) in [5, 5.41) is 1.72. The SMILES string of the molecule is O=c1c2ccccc2nc(/C=C/c2c[nH]c3ccccc23)n1-c1ccc(Br)cc1. The van der Waals surface area contributed by atoms with E-state index in [2.05, 4.69) is 27.0 Å². The highest BCUT2D eigenvalue weighted by Crippen LogP contribution is 2.21. The van der Waals surface area contributed by atoms with Crippen molar-refractivity contribution in [2.45, 2.75) is 0 Å². The van der Waals surface area contributed by atoms with Crippen LogP contribution in [0.25, 0.3) is 39.6 Å². The minimum atomic E-state index is -0.0866. The monoisotopic (exact) mass is 441 g/mol. The lowest BCUT2D eigenvalue weighted by Gasteiger charge is -2.11. The zero-order valence-corrected chi connectivity index (χ0v) is 16.9. The first-order valence-electron chi connectivity index (χ1n) is 9.23. The molecule has 0 aliphatic rings. The molecule has 0 unspecified atom stereocenters. The van der Waals surface area contributed by atoms with E-state index in [1.165, 1.54) is 0 Å². The molecule has 0 aliphatic carbocycles. The van der Waals surface area contributed by atoms with Gasteiger partial charge in [-0.2, -0.15) is 0 Å². The molecule has 0 saturated carbocycles. The number of aromatic amines is 1. The summed E-state index contributed by atoms with van der Waals surface area (Å²) < 4.78 is 2.61. The highest BCUT2D eigenvalue weighted by Gasteiger charge is 2.11.